The third-order valence-corrected chi connectivity index (χ3v) is 5.78. The molecular formula is C25H34ClN3O5. The number of carboxylic acids is 2. The number of hydrogen-bond acceptors (Lipinski definition) is 5. The van der Waals surface area contributed by atoms with Crippen LogP contribution in [-0.4, -0.2) is 40.6 Å². The van der Waals surface area contributed by atoms with Crippen molar-refractivity contribution in [1.29, 1.82) is 0 Å². The van der Waals surface area contributed by atoms with Crippen molar-refractivity contribution in [3.8, 4) is 0 Å². The van der Waals surface area contributed by atoms with Gasteiger partial charge in [0.05, 0.1) is 6.42 Å². The summed E-state index contributed by atoms with van der Waals surface area (Å²) in [6, 6.07) is 15.3. The molecule has 0 heterocycles. The van der Waals surface area contributed by atoms with Crippen LogP contribution in [0.2, 0.25) is 0 Å². The number of benzene rings is 2. The molecule has 1 amide bonds. The van der Waals surface area contributed by atoms with Gasteiger partial charge in [-0.05, 0) is 61.4 Å². The minimum atomic E-state index is -0.993. The molecule has 0 saturated heterocycles. The van der Waals surface area contributed by atoms with Crippen molar-refractivity contribution in [2.75, 3.05) is 12.3 Å². The molecule has 2 aromatic carbocycles. The number of carbonyl (C=O) groups is 3. The van der Waals surface area contributed by atoms with Gasteiger partial charge in [-0.2, -0.15) is 0 Å². The highest BCUT2D eigenvalue weighted by Gasteiger charge is 2.29. The van der Waals surface area contributed by atoms with Crippen molar-refractivity contribution in [3.63, 3.8) is 0 Å². The minimum absolute atomic E-state index is 0. The van der Waals surface area contributed by atoms with Crippen LogP contribution in [0.3, 0.4) is 0 Å². The van der Waals surface area contributed by atoms with Crippen LogP contribution < -0.4 is 16.8 Å². The summed E-state index contributed by atoms with van der Waals surface area (Å²) in [4.78, 5) is 33.9. The molecule has 1 aliphatic carbocycles. The second kappa shape index (κ2) is 14.9. The average Bonchev–Trinajstić information content (AvgIpc) is 2.81. The van der Waals surface area contributed by atoms with Gasteiger partial charge in [0.25, 0.3) is 0 Å². The van der Waals surface area contributed by atoms with Gasteiger partial charge in [0, 0.05) is 18.0 Å². The molecular weight excluding hydrogens is 458 g/mol. The van der Waals surface area contributed by atoms with Crippen LogP contribution in [0.15, 0.2) is 54.6 Å². The fraction of sp³-hybridized carbons (Fsp3) is 0.400. The number of carbonyl (C=O) groups excluding carboxylic acids is 1. The Labute approximate surface area is 206 Å². The first-order valence-electron chi connectivity index (χ1n) is 11.1. The van der Waals surface area contributed by atoms with Crippen LogP contribution in [0.1, 0.15) is 36.8 Å². The number of nitrogens with two attached hydrogens (primary N) is 2. The maximum Gasteiger partial charge on any atom is 0.326 e. The van der Waals surface area contributed by atoms with Crippen LogP contribution in [-0.2, 0) is 27.2 Å². The standard InChI is InChI=1S/C17H24N2O3.C8H9NO2.ClH/c18-11-13-6-8-14(9-7-13)16(20)19-15(17(21)22)10-12-4-2-1-3-5-12;9-7-3-1-6(2-4-7)5-8(10)11;/h1-5,13-15H,6-11,18H2,(H,19,20)(H,21,22);1-4H,5,9H2,(H,10,11);1H/t13-,14-,15?;;. The first-order chi connectivity index (χ1) is 15.8. The first-order valence-corrected chi connectivity index (χ1v) is 11.1. The van der Waals surface area contributed by atoms with Gasteiger partial charge in [-0.25, -0.2) is 4.79 Å². The molecule has 8 nitrogen and oxygen atoms in total. The highest BCUT2D eigenvalue weighted by molar-refractivity contribution is 5.85. The summed E-state index contributed by atoms with van der Waals surface area (Å²) in [5, 5.41) is 20.4. The molecule has 1 saturated carbocycles. The largest absolute Gasteiger partial charge is 0.481 e. The van der Waals surface area contributed by atoms with Gasteiger partial charge < -0.3 is 27.0 Å². The number of halogens is 1. The third-order valence-electron chi connectivity index (χ3n) is 5.78. The summed E-state index contributed by atoms with van der Waals surface area (Å²) in [5.41, 5.74) is 13.4. The lowest BCUT2D eigenvalue weighted by atomic mass is 9.81. The summed E-state index contributed by atoms with van der Waals surface area (Å²) in [5.74, 6) is -1.54. The van der Waals surface area contributed by atoms with Crippen molar-refractivity contribution >= 4 is 35.9 Å². The minimum Gasteiger partial charge on any atom is -0.481 e. The number of anilines is 1. The summed E-state index contributed by atoms with van der Waals surface area (Å²) >= 11 is 0. The van der Waals surface area contributed by atoms with Crippen LogP contribution in [0.5, 0.6) is 0 Å². The Morgan fingerprint density at radius 3 is 2.00 bits per heavy atom. The molecule has 0 aliphatic heterocycles. The SMILES string of the molecule is Cl.NC[C@H]1CC[C@H](C(=O)NC(Cc2ccccc2)C(=O)O)CC1.Nc1ccc(CC(=O)O)cc1. The lowest BCUT2D eigenvalue weighted by molar-refractivity contribution is -0.142. The monoisotopic (exact) mass is 491 g/mol. The Morgan fingerprint density at radius 2 is 1.50 bits per heavy atom. The van der Waals surface area contributed by atoms with E-state index in [-0.39, 0.29) is 30.7 Å². The predicted octanol–water partition coefficient (Wildman–Crippen LogP) is 2.88. The average molecular weight is 492 g/mol. The molecule has 1 atom stereocenters. The topological polar surface area (TPSA) is 156 Å². The molecule has 0 bridgehead atoms. The number of nitrogen functional groups attached to an aromatic ring is 1. The highest BCUT2D eigenvalue weighted by atomic mass is 35.5. The smallest absolute Gasteiger partial charge is 0.326 e. The first kappa shape index (κ1) is 28.9. The zero-order chi connectivity index (χ0) is 24.2. The van der Waals surface area contributed by atoms with Crippen molar-refractivity contribution in [3.05, 3.63) is 65.7 Å². The lowest BCUT2D eigenvalue weighted by Crippen LogP contribution is -2.45. The Bertz CT molecular complexity index is 901. The number of carboxylic acid groups (broad SMARTS) is 2. The van der Waals surface area contributed by atoms with E-state index in [1.165, 1.54) is 0 Å². The Kier molecular flexibility index (Phi) is 12.7. The van der Waals surface area contributed by atoms with E-state index >= 15 is 0 Å². The molecule has 0 radical (unpaired) electrons. The number of rotatable bonds is 8. The van der Waals surface area contributed by atoms with Crippen molar-refractivity contribution in [1.82, 2.24) is 5.32 Å². The Hall–Kier alpha value is -3.10. The molecule has 1 fully saturated rings. The summed E-state index contributed by atoms with van der Waals surface area (Å²) in [7, 11) is 0. The van der Waals surface area contributed by atoms with Crippen LogP contribution in [0.4, 0.5) is 5.69 Å². The maximum atomic E-state index is 12.3. The van der Waals surface area contributed by atoms with Gasteiger partial charge in [-0.3, -0.25) is 9.59 Å². The van der Waals surface area contributed by atoms with Crippen molar-refractivity contribution in [2.45, 2.75) is 44.6 Å². The lowest BCUT2D eigenvalue weighted by Gasteiger charge is -2.27. The summed E-state index contributed by atoms with van der Waals surface area (Å²) in [6.45, 7) is 0.667. The van der Waals surface area contributed by atoms with E-state index in [4.69, 9.17) is 16.6 Å². The number of aliphatic carboxylic acids is 2. The molecule has 186 valence electrons. The molecule has 1 aliphatic rings. The van der Waals surface area contributed by atoms with Gasteiger partial charge in [0.2, 0.25) is 5.91 Å². The van der Waals surface area contributed by atoms with E-state index in [0.717, 1.165) is 36.8 Å². The van der Waals surface area contributed by atoms with Gasteiger partial charge in [0.15, 0.2) is 0 Å². The second-order valence-electron chi connectivity index (χ2n) is 8.35. The predicted molar refractivity (Wildman–Crippen MR) is 134 cm³/mol. The molecule has 9 heteroatoms. The molecule has 0 spiro atoms. The normalized spacial score (nSPS) is 17.8. The van der Waals surface area contributed by atoms with Crippen LogP contribution in [0, 0.1) is 11.8 Å². The Balaban J connectivity index is 0.000000407. The fourth-order valence-electron chi connectivity index (χ4n) is 3.81. The zero-order valence-corrected chi connectivity index (χ0v) is 19.9. The maximum absolute atomic E-state index is 12.3. The second-order valence-corrected chi connectivity index (χ2v) is 8.35. The van der Waals surface area contributed by atoms with Gasteiger partial charge >= 0.3 is 11.9 Å². The van der Waals surface area contributed by atoms with Crippen molar-refractivity contribution < 1.29 is 24.6 Å². The number of nitrogens with one attached hydrogen (secondary N) is 1. The van der Waals surface area contributed by atoms with Gasteiger partial charge in [0.1, 0.15) is 6.04 Å². The Morgan fingerprint density at radius 1 is 0.912 bits per heavy atom. The number of amides is 1. The molecule has 0 aromatic heterocycles. The number of hydrogen-bond donors (Lipinski definition) is 5. The zero-order valence-electron chi connectivity index (χ0n) is 19.1. The van der Waals surface area contributed by atoms with E-state index in [0.29, 0.717) is 24.6 Å². The van der Waals surface area contributed by atoms with E-state index < -0.39 is 18.0 Å². The summed E-state index contributed by atoms with van der Waals surface area (Å²) < 4.78 is 0. The molecule has 2 aromatic rings. The van der Waals surface area contributed by atoms with Crippen LogP contribution >= 0.6 is 12.4 Å². The highest BCUT2D eigenvalue weighted by Crippen LogP contribution is 2.28. The van der Waals surface area contributed by atoms with Gasteiger partial charge in [-0.1, -0.05) is 42.5 Å². The summed E-state index contributed by atoms with van der Waals surface area (Å²) in [6.07, 6.45) is 3.85. The van der Waals surface area contributed by atoms with E-state index in [2.05, 4.69) is 5.32 Å². The van der Waals surface area contributed by atoms with Crippen LogP contribution in [0.25, 0.3) is 0 Å². The van der Waals surface area contributed by atoms with Gasteiger partial charge in [-0.15, -0.1) is 12.4 Å². The molecule has 34 heavy (non-hydrogen) atoms. The van der Waals surface area contributed by atoms with E-state index in [1.54, 1.807) is 24.3 Å². The third kappa shape index (κ3) is 10.2. The quantitative estimate of drug-likeness (QED) is 0.355. The fourth-order valence-corrected chi connectivity index (χ4v) is 3.81. The molecule has 1 unspecified atom stereocenters. The molecule has 7 N–H and O–H groups in total. The van der Waals surface area contributed by atoms with Crippen molar-refractivity contribution in [2.24, 2.45) is 17.6 Å². The van der Waals surface area contributed by atoms with E-state index in [1.807, 2.05) is 30.3 Å². The molecule has 3 rings (SSSR count). The van der Waals surface area contributed by atoms with E-state index in [9.17, 15) is 19.5 Å².